The molecule has 13 aromatic rings. The third kappa shape index (κ3) is 12.8. The molecule has 474 valence electrons. The fourth-order valence-electron chi connectivity index (χ4n) is 12.8. The normalized spacial score (nSPS) is 15.9. The topological polar surface area (TPSA) is 201 Å². The number of aromatic amines is 1. The maximum Gasteiger partial charge on any atom is 0.323 e. The highest BCUT2D eigenvalue weighted by Crippen LogP contribution is 2.46. The van der Waals surface area contributed by atoms with Crippen molar-refractivity contribution in [3.63, 3.8) is 0 Å². The van der Waals surface area contributed by atoms with Gasteiger partial charge in [0.2, 0.25) is 5.88 Å². The standard InChI is InChI=1S/C23H20N2O2.C20H13FN2O.C18H19N5.C15H15N3OS2/c1-27-23(26)20-13-18-16-10-4-5-12-19(16)24-22(18)21(25-20)17-11-6-8-14-7-2-3-9-15(14)17;21-14-8-5-13(6-9-14)18-16(11-22)20(23)24-17-10-7-12-3-1-2-4-15(12)19(17)18;1-13-11-17(22-9-7-21(2)8-10-22)23-16-6-4-3-5-15(16)20-18(23)14(13)12-19;1-18-14(13-4-3-9-20-13)16-17-15(18)21-10-11-5-7-12(19-2)8-6-11/h2-12,20-21,24-25H,13H2,1H3;1-10,18H,23H2;3-6,11H,7-10H2,1-2H3;3-9H,10H2,1-2H3. The van der Waals surface area contributed by atoms with Gasteiger partial charge in [0.05, 0.1) is 47.7 Å². The average Bonchev–Trinajstić information content (AvgIpc) is 1.76. The number of carbonyl (C=O) groups excluding carboxylic acids is 1. The van der Waals surface area contributed by atoms with Gasteiger partial charge in [-0.3, -0.25) is 14.5 Å². The lowest BCUT2D eigenvalue weighted by atomic mass is 9.81. The number of anilines is 1. The van der Waals surface area contributed by atoms with E-state index >= 15 is 0 Å². The molecule has 3 atom stereocenters. The number of para-hydroxylation sites is 3. The number of hydrogen-bond acceptors (Lipinski definition) is 15. The molecule has 0 aliphatic carbocycles. The Balaban J connectivity index is 0.000000115. The predicted octanol–water partition coefficient (Wildman–Crippen LogP) is 14.6. The first-order valence-corrected chi connectivity index (χ1v) is 33.0. The molecule has 3 aliphatic heterocycles. The summed E-state index contributed by atoms with van der Waals surface area (Å²) in [6, 6.07) is 67.2. The Hall–Kier alpha value is -10.8. The van der Waals surface area contributed by atoms with E-state index in [1.807, 2.05) is 115 Å². The lowest BCUT2D eigenvalue weighted by molar-refractivity contribution is -0.143. The number of pyridine rings is 1. The SMILES string of the molecule is COC(=O)C1Cc2c([nH]c3ccccc23)C(c2cccc3ccccc23)N1.COc1ccc(CSc2nnc(-c3cccs3)n2C)cc1.Cc1cc(N2CCN(C)CC2)n2c(nc3ccccc32)c1C#N.N#CC1=C(N)Oc2ccc3ccccc3c2C1c1ccc(F)cc1. The number of H-pyrrole nitrogens is 1. The molecule has 95 heavy (non-hydrogen) atoms. The zero-order valence-electron chi connectivity index (χ0n) is 53.0. The van der Waals surface area contributed by atoms with Gasteiger partial charge in [-0.15, -0.1) is 21.5 Å². The van der Waals surface area contributed by atoms with Gasteiger partial charge >= 0.3 is 5.97 Å². The molecule has 8 aromatic carbocycles. The maximum absolute atomic E-state index is 13.3. The second-order valence-electron chi connectivity index (χ2n) is 23.4. The van der Waals surface area contributed by atoms with Crippen molar-refractivity contribution in [2.45, 2.75) is 42.3 Å². The van der Waals surface area contributed by atoms with Gasteiger partial charge in [-0.05, 0) is 129 Å². The Morgan fingerprint density at radius 1 is 0.779 bits per heavy atom. The van der Waals surface area contributed by atoms with Crippen LogP contribution in [0.15, 0.2) is 216 Å². The van der Waals surface area contributed by atoms with Crippen molar-refractivity contribution < 1.29 is 23.4 Å². The van der Waals surface area contributed by atoms with Gasteiger partial charge in [0.15, 0.2) is 16.6 Å². The number of nitrogens with zero attached hydrogens (tertiary/aromatic N) is 9. The molecular formula is C76H67FN12O4S2. The smallest absolute Gasteiger partial charge is 0.323 e. The van der Waals surface area contributed by atoms with Crippen LogP contribution in [0.25, 0.3) is 59.8 Å². The molecule has 3 aliphatic rings. The molecule has 0 radical (unpaired) electrons. The number of likely N-dealkylation sites (N-methyl/N-ethyl adjacent to an activating group) is 1. The first-order chi connectivity index (χ1) is 46.4. The lowest BCUT2D eigenvalue weighted by Gasteiger charge is -2.34. The first-order valence-electron chi connectivity index (χ1n) is 31.1. The Labute approximate surface area is 557 Å². The number of esters is 1. The number of thioether (sulfide) groups is 1. The maximum atomic E-state index is 13.3. The number of aryl methyl sites for hydroxylation is 1. The number of halogens is 1. The number of imidazole rings is 1. The average molecular weight is 1300 g/mol. The number of ether oxygens (including phenoxy) is 3. The monoisotopic (exact) mass is 1290 g/mol. The molecule has 5 aromatic heterocycles. The highest BCUT2D eigenvalue weighted by molar-refractivity contribution is 7.98. The number of allylic oxidation sites excluding steroid dienone is 1. The molecule has 0 saturated carbocycles. The van der Waals surface area contributed by atoms with E-state index in [4.69, 9.17) is 24.9 Å². The second kappa shape index (κ2) is 27.8. The number of carbonyl (C=O) groups is 1. The Kier molecular flexibility index (Phi) is 18.4. The van der Waals surface area contributed by atoms with E-state index in [0.29, 0.717) is 23.3 Å². The first kappa shape index (κ1) is 63.0. The van der Waals surface area contributed by atoms with Crippen LogP contribution in [0.2, 0.25) is 0 Å². The van der Waals surface area contributed by atoms with E-state index in [-0.39, 0.29) is 35.7 Å². The number of nitrogens with one attached hydrogen (secondary N) is 2. The fourth-order valence-corrected chi connectivity index (χ4v) is 14.4. The van der Waals surface area contributed by atoms with Crippen molar-refractivity contribution in [3.8, 4) is 34.3 Å². The number of benzene rings is 8. The number of aromatic nitrogens is 6. The largest absolute Gasteiger partial charge is 0.497 e. The van der Waals surface area contributed by atoms with E-state index in [2.05, 4.69) is 133 Å². The number of methoxy groups -OCH3 is 2. The molecule has 3 unspecified atom stereocenters. The van der Waals surface area contributed by atoms with E-state index in [0.717, 1.165) is 120 Å². The minimum absolute atomic E-state index is 0.0922. The van der Waals surface area contributed by atoms with Gasteiger partial charge in [0, 0.05) is 67.6 Å². The number of thiophene rings is 1. The number of rotatable bonds is 9. The number of nitrogens with two attached hydrogens (primary N) is 1. The summed E-state index contributed by atoms with van der Waals surface area (Å²) in [6.07, 6.45) is 0.618. The van der Waals surface area contributed by atoms with Crippen molar-refractivity contribution in [2.75, 3.05) is 52.3 Å². The summed E-state index contributed by atoms with van der Waals surface area (Å²) in [5.74, 6) is 3.58. The van der Waals surface area contributed by atoms with E-state index in [1.165, 1.54) is 46.5 Å². The van der Waals surface area contributed by atoms with E-state index < -0.39 is 0 Å². The minimum atomic E-state index is -0.384. The Bertz CT molecular complexity index is 5080. The van der Waals surface area contributed by atoms with Gasteiger partial charge < -0.3 is 39.3 Å². The zero-order chi connectivity index (χ0) is 65.7. The summed E-state index contributed by atoms with van der Waals surface area (Å²) in [4.78, 5) is 26.6. The van der Waals surface area contributed by atoms with Gasteiger partial charge in [-0.2, -0.15) is 10.5 Å². The van der Waals surface area contributed by atoms with Gasteiger partial charge in [-0.1, -0.05) is 145 Å². The van der Waals surface area contributed by atoms with Crippen LogP contribution in [0.4, 0.5) is 10.2 Å². The molecule has 16 rings (SSSR count). The van der Waals surface area contributed by atoms with Crippen LogP contribution >= 0.6 is 23.1 Å². The van der Waals surface area contributed by atoms with Crippen molar-refractivity contribution in [3.05, 3.63) is 261 Å². The van der Waals surface area contributed by atoms with Gasteiger partial charge in [-0.25, -0.2) is 9.37 Å². The fraction of sp³-hybridized carbons (Fsp3) is 0.184. The van der Waals surface area contributed by atoms with Crippen LogP contribution in [0, 0.1) is 35.4 Å². The van der Waals surface area contributed by atoms with Crippen molar-refractivity contribution >= 4 is 84.0 Å². The van der Waals surface area contributed by atoms with Crippen LogP contribution in [-0.2, 0) is 28.8 Å². The van der Waals surface area contributed by atoms with Crippen LogP contribution in [0.5, 0.6) is 11.5 Å². The number of nitriles is 2. The lowest BCUT2D eigenvalue weighted by Crippen LogP contribution is -2.45. The molecule has 4 N–H and O–H groups in total. The molecule has 0 bridgehead atoms. The second-order valence-corrected chi connectivity index (χ2v) is 25.3. The Morgan fingerprint density at radius 2 is 1.48 bits per heavy atom. The minimum Gasteiger partial charge on any atom is -0.497 e. The van der Waals surface area contributed by atoms with E-state index in [1.54, 1.807) is 42.3 Å². The zero-order valence-corrected chi connectivity index (χ0v) is 54.6. The highest BCUT2D eigenvalue weighted by atomic mass is 32.2. The Morgan fingerprint density at radius 3 is 2.21 bits per heavy atom. The molecule has 8 heterocycles. The molecule has 0 spiro atoms. The van der Waals surface area contributed by atoms with Crippen LogP contribution < -0.4 is 25.4 Å². The predicted molar refractivity (Wildman–Crippen MR) is 375 cm³/mol. The molecular weight excluding hydrogens is 1230 g/mol. The van der Waals surface area contributed by atoms with Crippen LogP contribution in [0.1, 0.15) is 56.6 Å². The number of piperazine rings is 1. The summed E-state index contributed by atoms with van der Waals surface area (Å²) in [5.41, 5.74) is 18.2. The summed E-state index contributed by atoms with van der Waals surface area (Å²) in [6.45, 7) is 6.07. The molecule has 16 nitrogen and oxygen atoms in total. The van der Waals surface area contributed by atoms with Crippen molar-refractivity contribution in [1.29, 1.82) is 10.5 Å². The van der Waals surface area contributed by atoms with E-state index in [9.17, 15) is 19.7 Å². The molecule has 0 amide bonds. The van der Waals surface area contributed by atoms with Crippen LogP contribution in [-0.4, -0.2) is 93.5 Å². The van der Waals surface area contributed by atoms with Crippen molar-refractivity contribution in [1.82, 2.24) is 39.3 Å². The summed E-state index contributed by atoms with van der Waals surface area (Å²) in [5, 5.41) is 39.8. The molecule has 19 heteroatoms. The quantitative estimate of drug-likeness (QED) is 0.0910. The van der Waals surface area contributed by atoms with Gasteiger partial charge in [0.1, 0.15) is 46.9 Å². The van der Waals surface area contributed by atoms with Gasteiger partial charge in [0.25, 0.3) is 0 Å². The molecule has 1 saturated heterocycles. The summed E-state index contributed by atoms with van der Waals surface area (Å²) < 4.78 is 33.4. The third-order valence-corrected chi connectivity index (χ3v) is 19.6. The number of hydrogen-bond donors (Lipinski definition) is 3. The summed E-state index contributed by atoms with van der Waals surface area (Å²) in [7, 11) is 7.28. The van der Waals surface area contributed by atoms with Crippen LogP contribution in [0.3, 0.4) is 0 Å². The highest BCUT2D eigenvalue weighted by Gasteiger charge is 2.36. The third-order valence-electron chi connectivity index (χ3n) is 17.6. The number of fused-ring (bicyclic) bond motifs is 10. The van der Waals surface area contributed by atoms with Crippen molar-refractivity contribution in [2.24, 2.45) is 12.8 Å². The summed E-state index contributed by atoms with van der Waals surface area (Å²) >= 11 is 3.36. The molecule has 1 fully saturated rings.